The van der Waals surface area contributed by atoms with Crippen molar-refractivity contribution in [3.8, 4) is 12.3 Å². The molecule has 0 unspecified atom stereocenters. The molecule has 0 amide bonds. The van der Waals surface area contributed by atoms with Gasteiger partial charge in [0.25, 0.3) is 5.56 Å². The minimum atomic E-state index is -0.116. The van der Waals surface area contributed by atoms with E-state index in [1.54, 1.807) is 6.21 Å². The van der Waals surface area contributed by atoms with Crippen LogP contribution in [0.3, 0.4) is 0 Å². The number of para-hydroxylation sites is 2. The molecule has 1 aliphatic carbocycles. The van der Waals surface area contributed by atoms with Gasteiger partial charge in [-0.2, -0.15) is 9.78 Å². The number of fused-ring (bicyclic) bond motifs is 2. The molecule has 0 aliphatic heterocycles. The van der Waals surface area contributed by atoms with E-state index in [2.05, 4.69) is 11.0 Å². The largest absolute Gasteiger partial charge is 0.335 e. The van der Waals surface area contributed by atoms with Gasteiger partial charge < -0.3 is 4.57 Å². The van der Waals surface area contributed by atoms with Crippen LogP contribution in [0, 0.1) is 12.3 Å². The zero-order valence-electron chi connectivity index (χ0n) is 17.4. The lowest BCUT2D eigenvalue weighted by Crippen LogP contribution is -2.25. The van der Waals surface area contributed by atoms with Crippen molar-refractivity contribution in [2.24, 2.45) is 5.10 Å². The summed E-state index contributed by atoms with van der Waals surface area (Å²) < 4.78 is 3.55. The number of rotatable bonds is 4. The van der Waals surface area contributed by atoms with Crippen LogP contribution in [0.15, 0.2) is 64.6 Å². The molecule has 2 aromatic heterocycles. The van der Waals surface area contributed by atoms with E-state index in [-0.39, 0.29) is 11.5 Å². The SMILES string of the molecule is C#CCn1cc(C=Nn2c(C3CCCCC3)nc3ccccc3c2=O)c2ccccc21. The van der Waals surface area contributed by atoms with E-state index < -0.39 is 0 Å². The fourth-order valence-electron chi connectivity index (χ4n) is 4.60. The van der Waals surface area contributed by atoms with E-state index in [0.717, 1.165) is 53.5 Å². The quantitative estimate of drug-likeness (QED) is 0.356. The van der Waals surface area contributed by atoms with Crippen LogP contribution in [0.4, 0.5) is 0 Å². The first kappa shape index (κ1) is 19.3. The van der Waals surface area contributed by atoms with E-state index in [9.17, 15) is 4.79 Å². The maximum Gasteiger partial charge on any atom is 0.282 e. The highest BCUT2D eigenvalue weighted by atomic mass is 16.1. The molecule has 0 spiro atoms. The molecular weight excluding hydrogens is 384 g/mol. The molecule has 0 radical (unpaired) electrons. The first-order chi connectivity index (χ1) is 15.3. The number of terminal acetylenes is 1. The van der Waals surface area contributed by atoms with E-state index in [4.69, 9.17) is 11.4 Å². The highest BCUT2D eigenvalue weighted by Crippen LogP contribution is 2.31. The Kier molecular flexibility index (Phi) is 5.13. The summed E-state index contributed by atoms with van der Waals surface area (Å²) >= 11 is 0. The van der Waals surface area contributed by atoms with Crippen LogP contribution in [0.2, 0.25) is 0 Å². The monoisotopic (exact) mass is 408 g/mol. The van der Waals surface area contributed by atoms with Crippen LogP contribution in [-0.2, 0) is 6.54 Å². The molecule has 4 aromatic rings. The number of nitrogens with zero attached hydrogens (tertiary/aromatic N) is 4. The molecule has 154 valence electrons. The second kappa shape index (κ2) is 8.23. The second-order valence-corrected chi connectivity index (χ2v) is 8.12. The van der Waals surface area contributed by atoms with Crippen LogP contribution >= 0.6 is 0 Å². The Morgan fingerprint density at radius 3 is 2.61 bits per heavy atom. The zero-order chi connectivity index (χ0) is 21.2. The number of hydrogen-bond donors (Lipinski definition) is 0. The van der Waals surface area contributed by atoms with Gasteiger partial charge >= 0.3 is 0 Å². The Morgan fingerprint density at radius 2 is 1.81 bits per heavy atom. The fraction of sp³-hybridized carbons (Fsp3) is 0.269. The van der Waals surface area contributed by atoms with Gasteiger partial charge in [-0.1, -0.05) is 55.5 Å². The minimum absolute atomic E-state index is 0.116. The number of aromatic nitrogens is 3. The topological polar surface area (TPSA) is 52.2 Å². The van der Waals surface area contributed by atoms with Crippen molar-refractivity contribution in [3.63, 3.8) is 0 Å². The van der Waals surface area contributed by atoms with Crippen molar-refractivity contribution >= 4 is 28.0 Å². The van der Waals surface area contributed by atoms with Crippen LogP contribution in [0.25, 0.3) is 21.8 Å². The summed E-state index contributed by atoms with van der Waals surface area (Å²) in [5.41, 5.74) is 2.61. The second-order valence-electron chi connectivity index (χ2n) is 8.12. The van der Waals surface area contributed by atoms with Gasteiger partial charge in [0.15, 0.2) is 0 Å². The summed E-state index contributed by atoms with van der Waals surface area (Å²) in [6, 6.07) is 15.6. The molecule has 5 heteroatoms. The highest BCUT2D eigenvalue weighted by molar-refractivity contribution is 5.99. The van der Waals surface area contributed by atoms with Crippen LogP contribution in [0.1, 0.15) is 49.4 Å². The summed E-state index contributed by atoms with van der Waals surface area (Å²) in [5.74, 6) is 3.72. The Bertz CT molecular complexity index is 1380. The lowest BCUT2D eigenvalue weighted by molar-refractivity contribution is 0.416. The van der Waals surface area contributed by atoms with Crippen molar-refractivity contribution < 1.29 is 0 Å². The normalized spacial score (nSPS) is 15.1. The van der Waals surface area contributed by atoms with Crippen molar-refractivity contribution in [1.82, 2.24) is 14.2 Å². The lowest BCUT2D eigenvalue weighted by Gasteiger charge is -2.22. The Hall–Kier alpha value is -3.65. The van der Waals surface area contributed by atoms with E-state index in [1.807, 2.05) is 59.3 Å². The average Bonchev–Trinajstić information content (AvgIpc) is 3.17. The summed E-state index contributed by atoms with van der Waals surface area (Å²) in [4.78, 5) is 18.2. The fourth-order valence-corrected chi connectivity index (χ4v) is 4.60. The van der Waals surface area contributed by atoms with Crippen molar-refractivity contribution in [1.29, 1.82) is 0 Å². The molecule has 0 bridgehead atoms. The third-order valence-corrected chi connectivity index (χ3v) is 6.14. The predicted octanol–water partition coefficient (Wildman–Crippen LogP) is 4.91. The Morgan fingerprint density at radius 1 is 1.06 bits per heavy atom. The molecule has 5 nitrogen and oxygen atoms in total. The van der Waals surface area contributed by atoms with Crippen molar-refractivity contribution in [2.75, 3.05) is 0 Å². The van der Waals surface area contributed by atoms with Crippen molar-refractivity contribution in [3.05, 3.63) is 76.5 Å². The summed E-state index contributed by atoms with van der Waals surface area (Å²) in [6.07, 6.45) is 15.0. The molecule has 31 heavy (non-hydrogen) atoms. The third-order valence-electron chi connectivity index (χ3n) is 6.14. The van der Waals surface area contributed by atoms with Gasteiger partial charge in [-0.05, 0) is 31.0 Å². The van der Waals surface area contributed by atoms with Crippen LogP contribution in [-0.4, -0.2) is 20.4 Å². The zero-order valence-corrected chi connectivity index (χ0v) is 17.4. The molecule has 0 atom stereocenters. The molecule has 0 saturated heterocycles. The third kappa shape index (κ3) is 3.55. The average molecular weight is 409 g/mol. The Labute approximate surface area is 181 Å². The van der Waals surface area contributed by atoms with Crippen LogP contribution < -0.4 is 5.56 Å². The number of benzene rings is 2. The molecular formula is C26H24N4O. The molecule has 1 saturated carbocycles. The van der Waals surface area contributed by atoms with Gasteiger partial charge in [0, 0.05) is 28.6 Å². The van der Waals surface area contributed by atoms with Gasteiger partial charge in [0.1, 0.15) is 5.82 Å². The molecule has 0 N–H and O–H groups in total. The molecule has 1 aliphatic rings. The van der Waals surface area contributed by atoms with E-state index in [1.165, 1.54) is 11.1 Å². The first-order valence-electron chi connectivity index (χ1n) is 10.8. The number of hydrogen-bond acceptors (Lipinski definition) is 3. The smallest absolute Gasteiger partial charge is 0.282 e. The summed E-state index contributed by atoms with van der Waals surface area (Å²) in [7, 11) is 0. The highest BCUT2D eigenvalue weighted by Gasteiger charge is 2.22. The van der Waals surface area contributed by atoms with Gasteiger partial charge in [-0.3, -0.25) is 4.79 Å². The van der Waals surface area contributed by atoms with Gasteiger partial charge in [-0.25, -0.2) is 4.98 Å². The molecule has 2 heterocycles. The molecule has 1 fully saturated rings. The standard InChI is InChI=1S/C26H24N4O/c1-2-16-29-18-20(21-12-7-9-15-24(21)29)17-27-30-25(19-10-4-3-5-11-19)28-23-14-8-6-13-22(23)26(30)31/h1,6-9,12-15,17-19H,3-5,10-11,16H2. The van der Waals surface area contributed by atoms with Crippen molar-refractivity contribution in [2.45, 2.75) is 44.6 Å². The van der Waals surface area contributed by atoms with Gasteiger partial charge in [-0.15, -0.1) is 6.42 Å². The summed E-state index contributed by atoms with van der Waals surface area (Å²) in [6.45, 7) is 0.485. The van der Waals surface area contributed by atoms with Crippen LogP contribution in [0.5, 0.6) is 0 Å². The lowest BCUT2D eigenvalue weighted by atomic mass is 9.88. The molecule has 2 aromatic carbocycles. The predicted molar refractivity (Wildman–Crippen MR) is 126 cm³/mol. The van der Waals surface area contributed by atoms with Gasteiger partial charge in [0.05, 0.1) is 23.7 Å². The van der Waals surface area contributed by atoms with Gasteiger partial charge in [0.2, 0.25) is 0 Å². The molecule has 5 rings (SSSR count). The maximum atomic E-state index is 13.4. The van der Waals surface area contributed by atoms with E-state index >= 15 is 0 Å². The van der Waals surface area contributed by atoms with E-state index in [0.29, 0.717) is 11.9 Å². The maximum absolute atomic E-state index is 13.4. The Balaban J connectivity index is 1.66. The minimum Gasteiger partial charge on any atom is -0.335 e. The summed E-state index contributed by atoms with van der Waals surface area (Å²) in [5, 5.41) is 6.33. The first-order valence-corrected chi connectivity index (χ1v) is 10.8.